The first kappa shape index (κ1) is 32.9. The number of carbonyl (C=O) groups excluding carboxylic acids is 3. The molecule has 2 rings (SSSR count). The second kappa shape index (κ2) is 17.4. The molecule has 0 spiro atoms. The summed E-state index contributed by atoms with van der Waals surface area (Å²) in [6.45, 7) is 8.86. The van der Waals surface area contributed by atoms with Gasteiger partial charge in [-0.3, -0.25) is 14.4 Å². The van der Waals surface area contributed by atoms with Crippen molar-refractivity contribution >= 4 is 23.8 Å². The molecular formula is C28H47N5O5. The molecule has 2 N–H and O–H groups in total. The van der Waals surface area contributed by atoms with E-state index in [4.69, 9.17) is 0 Å². The van der Waals surface area contributed by atoms with E-state index in [0.29, 0.717) is 19.0 Å². The quantitative estimate of drug-likeness (QED) is 0.399. The maximum atomic E-state index is 13.5. The van der Waals surface area contributed by atoms with Gasteiger partial charge in [-0.15, -0.1) is 0 Å². The SMILES string of the molecule is CC.CCCCC(CC)CN(C)C(=O)C(CCC(=O)O)N1CN(C(=O)NCc2ccccc2)N(C)CC1=O. The van der Waals surface area contributed by atoms with Crippen LogP contribution in [0.3, 0.4) is 0 Å². The van der Waals surface area contributed by atoms with E-state index < -0.39 is 18.0 Å². The third kappa shape index (κ3) is 10.3. The Morgan fingerprint density at radius 1 is 1.11 bits per heavy atom. The molecule has 2 atom stereocenters. The number of hydrogen-bond acceptors (Lipinski definition) is 5. The molecule has 214 valence electrons. The molecule has 10 nitrogen and oxygen atoms in total. The molecule has 1 saturated heterocycles. The predicted molar refractivity (Wildman–Crippen MR) is 148 cm³/mol. The largest absolute Gasteiger partial charge is 0.481 e. The van der Waals surface area contributed by atoms with Crippen LogP contribution < -0.4 is 5.32 Å². The van der Waals surface area contributed by atoms with Crippen molar-refractivity contribution in [2.45, 2.75) is 78.8 Å². The third-order valence-electron chi connectivity index (χ3n) is 6.65. The molecule has 0 saturated carbocycles. The third-order valence-corrected chi connectivity index (χ3v) is 6.65. The predicted octanol–water partition coefficient (Wildman–Crippen LogP) is 3.78. The maximum absolute atomic E-state index is 13.5. The Bertz CT molecular complexity index is 882. The zero-order valence-electron chi connectivity index (χ0n) is 24.0. The van der Waals surface area contributed by atoms with Gasteiger partial charge >= 0.3 is 12.0 Å². The summed E-state index contributed by atoms with van der Waals surface area (Å²) in [7, 11) is 3.34. The number of nitrogens with one attached hydrogen (secondary N) is 1. The van der Waals surface area contributed by atoms with Gasteiger partial charge in [0.25, 0.3) is 0 Å². The molecule has 1 aliphatic heterocycles. The number of nitrogens with zero attached hydrogens (tertiary/aromatic N) is 4. The topological polar surface area (TPSA) is 114 Å². The monoisotopic (exact) mass is 533 g/mol. The summed E-state index contributed by atoms with van der Waals surface area (Å²) < 4.78 is 0. The molecule has 38 heavy (non-hydrogen) atoms. The molecule has 0 aromatic heterocycles. The highest BCUT2D eigenvalue weighted by atomic mass is 16.4. The van der Waals surface area contributed by atoms with Gasteiger partial charge in [0.1, 0.15) is 12.7 Å². The lowest BCUT2D eigenvalue weighted by molar-refractivity contribution is -0.162. The minimum absolute atomic E-state index is 0.0147. The molecule has 10 heteroatoms. The number of carboxylic acid groups (broad SMARTS) is 1. The van der Waals surface area contributed by atoms with Crippen LogP contribution in [0.4, 0.5) is 4.79 Å². The van der Waals surface area contributed by atoms with Gasteiger partial charge in [0.15, 0.2) is 0 Å². The smallest absolute Gasteiger partial charge is 0.333 e. The lowest BCUT2D eigenvalue weighted by Gasteiger charge is -2.44. The first-order valence-electron chi connectivity index (χ1n) is 13.7. The Kier molecular flexibility index (Phi) is 15.0. The van der Waals surface area contributed by atoms with E-state index in [1.54, 1.807) is 19.0 Å². The van der Waals surface area contributed by atoms with Gasteiger partial charge in [-0.2, -0.15) is 0 Å². The van der Waals surface area contributed by atoms with Crippen molar-refractivity contribution in [3.05, 3.63) is 35.9 Å². The van der Waals surface area contributed by atoms with E-state index in [-0.39, 0.29) is 37.9 Å². The average molecular weight is 534 g/mol. The number of carboxylic acids is 1. The Morgan fingerprint density at radius 2 is 1.76 bits per heavy atom. The van der Waals surface area contributed by atoms with Crippen LogP contribution in [0.25, 0.3) is 0 Å². The summed E-state index contributed by atoms with van der Waals surface area (Å²) in [4.78, 5) is 53.7. The van der Waals surface area contributed by atoms with E-state index in [1.807, 2.05) is 44.2 Å². The van der Waals surface area contributed by atoms with Crippen molar-refractivity contribution in [1.82, 2.24) is 25.1 Å². The number of hydrogen-bond donors (Lipinski definition) is 2. The van der Waals surface area contributed by atoms with Crippen LogP contribution >= 0.6 is 0 Å². The number of aliphatic carboxylic acids is 1. The highest BCUT2D eigenvalue weighted by Crippen LogP contribution is 2.20. The van der Waals surface area contributed by atoms with Crippen LogP contribution in [0, 0.1) is 5.92 Å². The van der Waals surface area contributed by atoms with Crippen molar-refractivity contribution < 1.29 is 24.3 Å². The summed E-state index contributed by atoms with van der Waals surface area (Å²) in [5.74, 6) is -1.32. The van der Waals surface area contributed by atoms with Crippen LogP contribution in [-0.4, -0.2) is 88.6 Å². The molecule has 0 radical (unpaired) electrons. The summed E-state index contributed by atoms with van der Waals surface area (Å²) >= 11 is 0. The van der Waals surface area contributed by atoms with Gasteiger partial charge in [-0.25, -0.2) is 14.8 Å². The van der Waals surface area contributed by atoms with Gasteiger partial charge < -0.3 is 20.2 Å². The first-order chi connectivity index (χ1) is 18.2. The van der Waals surface area contributed by atoms with Crippen LogP contribution in [0.1, 0.15) is 71.8 Å². The fourth-order valence-electron chi connectivity index (χ4n) is 4.38. The second-order valence-corrected chi connectivity index (χ2v) is 9.45. The molecule has 1 aromatic carbocycles. The lowest BCUT2D eigenvalue weighted by atomic mass is 9.98. The Hall–Kier alpha value is -3.14. The van der Waals surface area contributed by atoms with Crippen LogP contribution in [0.15, 0.2) is 30.3 Å². The van der Waals surface area contributed by atoms with E-state index in [9.17, 15) is 24.3 Å². The minimum atomic E-state index is -1.04. The number of rotatable bonds is 13. The van der Waals surface area contributed by atoms with Gasteiger partial charge in [-0.05, 0) is 24.3 Å². The molecule has 2 unspecified atom stereocenters. The maximum Gasteiger partial charge on any atom is 0.333 e. The average Bonchev–Trinajstić information content (AvgIpc) is 2.91. The lowest BCUT2D eigenvalue weighted by Crippen LogP contribution is -2.65. The normalized spacial score (nSPS) is 15.3. The van der Waals surface area contributed by atoms with Crippen molar-refractivity contribution in [3.63, 3.8) is 0 Å². The zero-order chi connectivity index (χ0) is 28.7. The van der Waals surface area contributed by atoms with Crippen molar-refractivity contribution in [2.75, 3.05) is 33.9 Å². The fraction of sp³-hybridized carbons (Fsp3) is 0.643. The summed E-state index contributed by atoms with van der Waals surface area (Å²) in [6, 6.07) is 8.10. The van der Waals surface area contributed by atoms with Gasteiger partial charge in [0.05, 0.1) is 6.54 Å². The van der Waals surface area contributed by atoms with Gasteiger partial charge in [0.2, 0.25) is 11.8 Å². The number of urea groups is 1. The number of unbranched alkanes of at least 4 members (excludes halogenated alkanes) is 1. The summed E-state index contributed by atoms with van der Waals surface area (Å²) in [5, 5.41) is 15.0. The van der Waals surface area contributed by atoms with E-state index in [2.05, 4.69) is 19.2 Å². The Morgan fingerprint density at radius 3 is 2.34 bits per heavy atom. The summed E-state index contributed by atoms with van der Waals surface area (Å²) in [6.07, 6.45) is 3.82. The molecule has 0 bridgehead atoms. The molecule has 1 heterocycles. The van der Waals surface area contributed by atoms with Crippen molar-refractivity contribution in [2.24, 2.45) is 5.92 Å². The number of likely N-dealkylation sites (N-methyl/N-ethyl adjacent to an activating group) is 2. The Labute approximate surface area is 227 Å². The minimum Gasteiger partial charge on any atom is -0.481 e. The Balaban J connectivity index is 0.00000352. The van der Waals surface area contributed by atoms with Gasteiger partial charge in [-0.1, -0.05) is 77.3 Å². The number of hydrazine groups is 1. The highest BCUT2D eigenvalue weighted by molar-refractivity contribution is 5.89. The second-order valence-electron chi connectivity index (χ2n) is 9.45. The number of carbonyl (C=O) groups is 4. The summed E-state index contributed by atoms with van der Waals surface area (Å²) in [5.41, 5.74) is 0.933. The van der Waals surface area contributed by atoms with E-state index in [1.165, 1.54) is 14.9 Å². The van der Waals surface area contributed by atoms with E-state index in [0.717, 1.165) is 31.2 Å². The van der Waals surface area contributed by atoms with E-state index >= 15 is 0 Å². The van der Waals surface area contributed by atoms with Crippen LogP contribution in [0.2, 0.25) is 0 Å². The van der Waals surface area contributed by atoms with Crippen molar-refractivity contribution in [1.29, 1.82) is 0 Å². The standard InChI is InChI=1S/C26H41N5O5.C2H6/c1-5-7-11-20(6-2)17-28(3)25(35)22(14-15-24(33)34)30-19-31(29(4)18-23(30)32)26(36)27-16-21-12-9-8-10-13-21;1-2/h8-10,12-13,20,22H,5-7,11,14-19H2,1-4H3,(H,27,36)(H,33,34);1-2H3. The van der Waals surface area contributed by atoms with Crippen LogP contribution in [0.5, 0.6) is 0 Å². The molecular weight excluding hydrogens is 486 g/mol. The number of amides is 4. The first-order valence-corrected chi connectivity index (χ1v) is 13.7. The molecule has 1 aliphatic rings. The molecule has 1 aromatic rings. The number of benzene rings is 1. The zero-order valence-corrected chi connectivity index (χ0v) is 24.0. The molecule has 0 aliphatic carbocycles. The fourth-order valence-corrected chi connectivity index (χ4v) is 4.38. The van der Waals surface area contributed by atoms with Crippen molar-refractivity contribution in [3.8, 4) is 0 Å². The molecule has 4 amide bonds. The highest BCUT2D eigenvalue weighted by Gasteiger charge is 2.39. The van der Waals surface area contributed by atoms with Gasteiger partial charge in [0, 0.05) is 33.6 Å². The van der Waals surface area contributed by atoms with Crippen LogP contribution in [-0.2, 0) is 20.9 Å². The molecule has 1 fully saturated rings.